The summed E-state index contributed by atoms with van der Waals surface area (Å²) < 4.78 is 0. The maximum atomic E-state index is 9.86. The molecule has 0 spiro atoms. The van der Waals surface area contributed by atoms with Crippen molar-refractivity contribution in [3.63, 3.8) is 0 Å². The molecule has 0 amide bonds. The Labute approximate surface area is 144 Å². The Morgan fingerprint density at radius 3 is 2.54 bits per heavy atom. The molecular formula is C21H26N2O. The number of phenols is 1. The topological polar surface area (TPSA) is 45.0 Å². The molecular weight excluding hydrogens is 296 g/mol. The van der Waals surface area contributed by atoms with E-state index in [-0.39, 0.29) is 5.75 Å². The van der Waals surface area contributed by atoms with Crippen LogP contribution in [0.15, 0.2) is 52.7 Å². The molecule has 1 fully saturated rings. The van der Waals surface area contributed by atoms with Gasteiger partial charge < -0.3 is 5.11 Å². The Morgan fingerprint density at radius 1 is 0.958 bits per heavy atom. The van der Waals surface area contributed by atoms with E-state index in [2.05, 4.69) is 28.4 Å². The summed E-state index contributed by atoms with van der Waals surface area (Å²) in [7, 11) is 0. The first-order chi connectivity index (χ1) is 11.7. The minimum atomic E-state index is 0.166. The fourth-order valence-electron chi connectivity index (χ4n) is 3.47. The van der Waals surface area contributed by atoms with Crippen molar-refractivity contribution in [2.75, 3.05) is 0 Å². The van der Waals surface area contributed by atoms with Crippen molar-refractivity contribution in [3.05, 3.63) is 53.6 Å². The van der Waals surface area contributed by atoms with Gasteiger partial charge in [0.25, 0.3) is 0 Å². The highest BCUT2D eigenvalue weighted by Crippen LogP contribution is 2.30. The molecule has 2 aromatic rings. The monoisotopic (exact) mass is 322 g/mol. The van der Waals surface area contributed by atoms with Crippen LogP contribution in [0.5, 0.6) is 5.75 Å². The first kappa shape index (κ1) is 16.7. The van der Waals surface area contributed by atoms with Gasteiger partial charge in [0.15, 0.2) is 0 Å². The lowest BCUT2D eigenvalue weighted by atomic mass is 9.92. The van der Waals surface area contributed by atoms with Crippen LogP contribution >= 0.6 is 0 Å². The number of aryl methyl sites for hydroxylation is 1. The van der Waals surface area contributed by atoms with Crippen LogP contribution in [0.2, 0.25) is 0 Å². The van der Waals surface area contributed by atoms with Crippen molar-refractivity contribution >= 4 is 11.4 Å². The molecule has 3 nitrogen and oxygen atoms in total. The molecule has 1 saturated carbocycles. The normalized spacial score (nSPS) is 16.4. The predicted molar refractivity (Wildman–Crippen MR) is 98.4 cm³/mol. The summed E-state index contributed by atoms with van der Waals surface area (Å²) in [5.41, 5.74) is 3.77. The van der Waals surface area contributed by atoms with Crippen molar-refractivity contribution in [1.29, 1.82) is 0 Å². The van der Waals surface area contributed by atoms with E-state index in [1.54, 1.807) is 6.07 Å². The molecule has 126 valence electrons. The molecule has 0 unspecified atom stereocenters. The van der Waals surface area contributed by atoms with E-state index in [1.807, 2.05) is 25.1 Å². The third-order valence-corrected chi connectivity index (χ3v) is 4.81. The predicted octanol–water partition coefficient (Wildman–Crippen LogP) is 6.63. The average molecular weight is 322 g/mol. The molecule has 2 aromatic carbocycles. The molecule has 0 atom stereocenters. The molecule has 24 heavy (non-hydrogen) atoms. The number of phenolic OH excluding ortho intramolecular Hbond substituents is 1. The molecule has 0 radical (unpaired) electrons. The van der Waals surface area contributed by atoms with Gasteiger partial charge in [0.05, 0.1) is 5.69 Å². The van der Waals surface area contributed by atoms with Crippen LogP contribution in [0.3, 0.4) is 0 Å². The number of benzene rings is 2. The maximum absolute atomic E-state index is 9.86. The Hall–Kier alpha value is -2.16. The molecule has 1 N–H and O–H groups in total. The van der Waals surface area contributed by atoms with E-state index in [1.165, 1.54) is 44.1 Å². The van der Waals surface area contributed by atoms with Gasteiger partial charge in [-0.3, -0.25) is 0 Å². The van der Waals surface area contributed by atoms with Crippen LogP contribution in [-0.2, 0) is 6.42 Å². The number of hydrogen-bond donors (Lipinski definition) is 1. The smallest absolute Gasteiger partial charge is 0.143 e. The highest BCUT2D eigenvalue weighted by molar-refractivity contribution is 5.52. The number of azo groups is 1. The number of rotatable bonds is 4. The zero-order valence-electron chi connectivity index (χ0n) is 14.4. The standard InChI is InChI=1S/C21H26N2O/c1-16-11-12-21(24)20(13-16)23-22-19-10-6-9-18(15-19)14-17-7-4-2-3-5-8-17/h6,9-13,15,17,24H,2-5,7-8,14H2,1H3/b23-22+. The summed E-state index contributed by atoms with van der Waals surface area (Å²) in [6, 6.07) is 13.7. The zero-order chi connectivity index (χ0) is 16.8. The molecule has 0 bridgehead atoms. The van der Waals surface area contributed by atoms with E-state index in [9.17, 15) is 5.11 Å². The number of aromatic hydroxyl groups is 1. The lowest BCUT2D eigenvalue weighted by Gasteiger charge is -2.13. The zero-order valence-corrected chi connectivity index (χ0v) is 14.4. The van der Waals surface area contributed by atoms with Gasteiger partial charge in [-0.15, -0.1) is 5.11 Å². The summed E-state index contributed by atoms with van der Waals surface area (Å²) in [6.45, 7) is 1.98. The summed E-state index contributed by atoms with van der Waals surface area (Å²) in [6.07, 6.45) is 9.37. The Morgan fingerprint density at radius 2 is 1.75 bits per heavy atom. The van der Waals surface area contributed by atoms with Crippen LogP contribution in [0.4, 0.5) is 11.4 Å². The van der Waals surface area contributed by atoms with Crippen LogP contribution in [0, 0.1) is 12.8 Å². The fourth-order valence-corrected chi connectivity index (χ4v) is 3.47. The quantitative estimate of drug-likeness (QED) is 0.498. The number of nitrogens with zero attached hydrogens (tertiary/aromatic N) is 2. The van der Waals surface area contributed by atoms with E-state index in [0.29, 0.717) is 5.69 Å². The van der Waals surface area contributed by atoms with Gasteiger partial charge in [-0.2, -0.15) is 5.11 Å². The highest BCUT2D eigenvalue weighted by Gasteiger charge is 2.13. The van der Waals surface area contributed by atoms with Gasteiger partial charge in [0, 0.05) is 0 Å². The van der Waals surface area contributed by atoms with Crippen LogP contribution in [0.1, 0.15) is 49.7 Å². The molecule has 3 rings (SSSR count). The number of hydrogen-bond acceptors (Lipinski definition) is 3. The molecule has 1 aliphatic rings. The maximum Gasteiger partial charge on any atom is 0.143 e. The minimum absolute atomic E-state index is 0.166. The largest absolute Gasteiger partial charge is 0.506 e. The van der Waals surface area contributed by atoms with Crippen LogP contribution in [0.25, 0.3) is 0 Å². The second kappa shape index (κ2) is 8.09. The van der Waals surface area contributed by atoms with Crippen molar-refractivity contribution < 1.29 is 5.11 Å². The highest BCUT2D eigenvalue weighted by atomic mass is 16.3. The van der Waals surface area contributed by atoms with Crippen LogP contribution < -0.4 is 0 Å². The molecule has 3 heteroatoms. The lowest BCUT2D eigenvalue weighted by molar-refractivity contribution is 0.458. The van der Waals surface area contributed by atoms with E-state index in [0.717, 1.165) is 23.6 Å². The summed E-state index contributed by atoms with van der Waals surface area (Å²) in [5, 5.41) is 18.4. The second-order valence-corrected chi connectivity index (χ2v) is 6.92. The second-order valence-electron chi connectivity index (χ2n) is 6.92. The third kappa shape index (κ3) is 4.67. The SMILES string of the molecule is Cc1ccc(O)c(/N=N/c2cccc(CC3CCCCCC3)c2)c1. The fraction of sp³-hybridized carbons (Fsp3) is 0.429. The Kier molecular flexibility index (Phi) is 5.63. The van der Waals surface area contributed by atoms with Crippen LogP contribution in [-0.4, -0.2) is 5.11 Å². The van der Waals surface area contributed by atoms with Crippen molar-refractivity contribution in [2.45, 2.75) is 51.9 Å². The van der Waals surface area contributed by atoms with Crippen molar-refractivity contribution in [3.8, 4) is 5.75 Å². The minimum Gasteiger partial charge on any atom is -0.506 e. The lowest BCUT2D eigenvalue weighted by Crippen LogP contribution is -2.02. The summed E-state index contributed by atoms with van der Waals surface area (Å²) >= 11 is 0. The van der Waals surface area contributed by atoms with Gasteiger partial charge in [-0.25, -0.2) is 0 Å². The van der Waals surface area contributed by atoms with Crippen molar-refractivity contribution in [1.82, 2.24) is 0 Å². The van der Waals surface area contributed by atoms with E-state index in [4.69, 9.17) is 0 Å². The summed E-state index contributed by atoms with van der Waals surface area (Å²) in [4.78, 5) is 0. The van der Waals surface area contributed by atoms with Gasteiger partial charge in [-0.05, 0) is 54.7 Å². The summed E-state index contributed by atoms with van der Waals surface area (Å²) in [5.74, 6) is 0.972. The Bertz CT molecular complexity index is 701. The van der Waals surface area contributed by atoms with Gasteiger partial charge in [0.2, 0.25) is 0 Å². The first-order valence-electron chi connectivity index (χ1n) is 9.01. The molecule has 0 aliphatic heterocycles. The molecule has 0 saturated heterocycles. The third-order valence-electron chi connectivity index (χ3n) is 4.81. The molecule has 0 heterocycles. The van der Waals surface area contributed by atoms with E-state index >= 15 is 0 Å². The van der Waals surface area contributed by atoms with Gasteiger partial charge in [0.1, 0.15) is 11.4 Å². The average Bonchev–Trinajstić information content (AvgIpc) is 2.85. The van der Waals surface area contributed by atoms with Gasteiger partial charge in [-0.1, -0.05) is 56.7 Å². The Balaban J connectivity index is 1.70. The van der Waals surface area contributed by atoms with Gasteiger partial charge >= 0.3 is 0 Å². The van der Waals surface area contributed by atoms with Crippen molar-refractivity contribution in [2.24, 2.45) is 16.1 Å². The van der Waals surface area contributed by atoms with E-state index < -0.39 is 0 Å². The molecule has 0 aromatic heterocycles. The first-order valence-corrected chi connectivity index (χ1v) is 9.01. The molecule has 1 aliphatic carbocycles.